The van der Waals surface area contributed by atoms with Crippen molar-refractivity contribution in [2.75, 3.05) is 11.9 Å². The Morgan fingerprint density at radius 3 is 2.58 bits per heavy atom. The Labute approximate surface area is 145 Å². The lowest BCUT2D eigenvalue weighted by Gasteiger charge is -2.09. The van der Waals surface area contributed by atoms with Crippen LogP contribution in [-0.4, -0.2) is 18.5 Å². The molecule has 2 aromatic carbocycles. The van der Waals surface area contributed by atoms with Crippen LogP contribution in [0.2, 0.25) is 0 Å². The van der Waals surface area contributed by atoms with Crippen molar-refractivity contribution in [2.45, 2.75) is 18.7 Å². The molecule has 0 aliphatic heterocycles. The average Bonchev–Trinajstić information content (AvgIpc) is 2.56. The summed E-state index contributed by atoms with van der Waals surface area (Å²) in [6.07, 6.45) is 1.31. The molecule has 4 nitrogen and oxygen atoms in total. The van der Waals surface area contributed by atoms with E-state index in [0.29, 0.717) is 0 Å². The first-order chi connectivity index (χ1) is 11.5. The molecule has 2 rings (SSSR count). The van der Waals surface area contributed by atoms with Crippen molar-refractivity contribution in [2.24, 2.45) is 0 Å². The van der Waals surface area contributed by atoms with Gasteiger partial charge >= 0.3 is 5.97 Å². The first kappa shape index (κ1) is 17.8. The maximum atomic E-state index is 11.8. The highest BCUT2D eigenvalue weighted by molar-refractivity contribution is 8.02. The zero-order valence-corrected chi connectivity index (χ0v) is 14.4. The van der Waals surface area contributed by atoms with Crippen LogP contribution in [0.15, 0.2) is 64.9 Å². The topological polar surface area (TPSA) is 55.4 Å². The van der Waals surface area contributed by atoms with Crippen molar-refractivity contribution < 1.29 is 14.3 Å². The summed E-state index contributed by atoms with van der Waals surface area (Å²) in [4.78, 5) is 24.5. The normalized spacial score (nSPS) is 10.6. The summed E-state index contributed by atoms with van der Waals surface area (Å²) in [5, 5.41) is 4.37. The summed E-state index contributed by atoms with van der Waals surface area (Å²) in [6.45, 7) is 3.59. The van der Waals surface area contributed by atoms with Crippen LogP contribution >= 0.6 is 11.8 Å². The van der Waals surface area contributed by atoms with Crippen molar-refractivity contribution in [3.8, 4) is 0 Å². The lowest BCUT2D eigenvalue weighted by atomic mass is 10.1. The van der Waals surface area contributed by atoms with Gasteiger partial charge < -0.3 is 10.1 Å². The molecular formula is C19H19NO3S. The van der Waals surface area contributed by atoms with Crippen LogP contribution in [0.3, 0.4) is 0 Å². The number of nitrogens with one attached hydrogen (secondary N) is 1. The number of aryl methyl sites for hydroxylation is 2. The van der Waals surface area contributed by atoms with E-state index < -0.39 is 5.97 Å². The van der Waals surface area contributed by atoms with Gasteiger partial charge in [0.05, 0.1) is 0 Å². The van der Waals surface area contributed by atoms with E-state index in [1.54, 1.807) is 5.41 Å². The quantitative estimate of drug-likeness (QED) is 0.488. The van der Waals surface area contributed by atoms with E-state index in [4.69, 9.17) is 4.74 Å². The van der Waals surface area contributed by atoms with E-state index >= 15 is 0 Å². The highest BCUT2D eigenvalue weighted by Crippen LogP contribution is 2.18. The molecule has 0 radical (unpaired) electrons. The number of anilines is 1. The third-order valence-electron chi connectivity index (χ3n) is 3.15. The second kappa shape index (κ2) is 8.93. The molecule has 5 heteroatoms. The zero-order chi connectivity index (χ0) is 17.4. The number of esters is 1. The predicted molar refractivity (Wildman–Crippen MR) is 96.9 cm³/mol. The number of hydrogen-bond acceptors (Lipinski definition) is 4. The zero-order valence-electron chi connectivity index (χ0n) is 13.6. The van der Waals surface area contributed by atoms with Crippen LogP contribution in [0, 0.1) is 13.8 Å². The molecule has 24 heavy (non-hydrogen) atoms. The highest BCUT2D eigenvalue weighted by atomic mass is 32.2. The van der Waals surface area contributed by atoms with Gasteiger partial charge in [-0.1, -0.05) is 47.7 Å². The molecule has 0 bridgehead atoms. The Morgan fingerprint density at radius 1 is 1.12 bits per heavy atom. The van der Waals surface area contributed by atoms with Crippen molar-refractivity contribution in [1.82, 2.24) is 0 Å². The van der Waals surface area contributed by atoms with E-state index in [-0.39, 0.29) is 12.5 Å². The minimum Gasteiger partial charge on any atom is -0.452 e. The van der Waals surface area contributed by atoms with Crippen LogP contribution < -0.4 is 5.32 Å². The Morgan fingerprint density at radius 2 is 1.88 bits per heavy atom. The maximum absolute atomic E-state index is 11.8. The van der Waals surface area contributed by atoms with Gasteiger partial charge in [0, 0.05) is 16.7 Å². The van der Waals surface area contributed by atoms with Gasteiger partial charge in [0.1, 0.15) is 0 Å². The minimum atomic E-state index is -0.547. The standard InChI is InChI=1S/C19H19NO3S/c1-14-8-9-17(15(2)12-14)20-18(21)13-23-19(22)10-11-24-16-6-4-3-5-7-16/h3-12H,13H2,1-2H3,(H,20,21)/b11-10+. The molecule has 2 aromatic rings. The summed E-state index contributed by atoms with van der Waals surface area (Å²) in [5.74, 6) is -0.909. The van der Waals surface area contributed by atoms with Gasteiger partial charge in [-0.2, -0.15) is 0 Å². The van der Waals surface area contributed by atoms with Crippen LogP contribution in [0.25, 0.3) is 0 Å². The second-order valence-electron chi connectivity index (χ2n) is 5.21. The molecule has 0 heterocycles. The highest BCUT2D eigenvalue weighted by Gasteiger charge is 2.07. The number of rotatable bonds is 6. The number of ether oxygens (including phenoxy) is 1. The maximum Gasteiger partial charge on any atom is 0.331 e. The second-order valence-corrected chi connectivity index (χ2v) is 6.19. The van der Waals surface area contributed by atoms with E-state index in [0.717, 1.165) is 21.7 Å². The SMILES string of the molecule is Cc1ccc(NC(=O)COC(=O)/C=C/Sc2ccccc2)c(C)c1. The molecule has 0 atom stereocenters. The van der Waals surface area contributed by atoms with E-state index in [1.807, 2.05) is 62.4 Å². The molecule has 0 aliphatic carbocycles. The number of thioether (sulfide) groups is 1. The molecule has 0 saturated carbocycles. The number of benzene rings is 2. The molecular weight excluding hydrogens is 322 g/mol. The fraction of sp³-hybridized carbons (Fsp3) is 0.158. The number of amides is 1. The van der Waals surface area contributed by atoms with E-state index in [1.165, 1.54) is 17.8 Å². The average molecular weight is 341 g/mol. The molecule has 0 fully saturated rings. The van der Waals surface area contributed by atoms with E-state index in [9.17, 15) is 9.59 Å². The van der Waals surface area contributed by atoms with Gasteiger partial charge in [-0.3, -0.25) is 4.79 Å². The third kappa shape index (κ3) is 5.93. The van der Waals surface area contributed by atoms with Gasteiger partial charge in [-0.05, 0) is 43.0 Å². The number of hydrogen-bond donors (Lipinski definition) is 1. The predicted octanol–water partition coefficient (Wildman–Crippen LogP) is 4.09. The van der Waals surface area contributed by atoms with Gasteiger partial charge in [0.2, 0.25) is 0 Å². The lowest BCUT2D eigenvalue weighted by molar-refractivity contribution is -0.142. The lowest BCUT2D eigenvalue weighted by Crippen LogP contribution is -2.20. The molecule has 1 N–H and O–H groups in total. The van der Waals surface area contributed by atoms with E-state index in [2.05, 4.69) is 5.32 Å². The number of carbonyl (C=O) groups is 2. The summed E-state index contributed by atoms with van der Waals surface area (Å²) < 4.78 is 4.93. The first-order valence-electron chi connectivity index (χ1n) is 7.47. The van der Waals surface area contributed by atoms with Crippen molar-refractivity contribution in [3.63, 3.8) is 0 Å². The molecule has 0 unspecified atom stereocenters. The molecule has 0 aromatic heterocycles. The van der Waals surface area contributed by atoms with Gasteiger partial charge in [-0.15, -0.1) is 0 Å². The Kier molecular flexibility index (Phi) is 6.63. The Balaban J connectivity index is 1.75. The van der Waals surface area contributed by atoms with Crippen molar-refractivity contribution >= 4 is 29.3 Å². The molecule has 1 amide bonds. The largest absolute Gasteiger partial charge is 0.452 e. The third-order valence-corrected chi connectivity index (χ3v) is 3.97. The Hall–Kier alpha value is -2.53. The minimum absolute atomic E-state index is 0.313. The van der Waals surface area contributed by atoms with Gasteiger partial charge in [0.15, 0.2) is 6.61 Å². The van der Waals surface area contributed by atoms with Crippen LogP contribution in [0.4, 0.5) is 5.69 Å². The van der Waals surface area contributed by atoms with Crippen molar-refractivity contribution in [3.05, 3.63) is 71.1 Å². The van der Waals surface area contributed by atoms with Crippen LogP contribution in [-0.2, 0) is 14.3 Å². The van der Waals surface area contributed by atoms with Gasteiger partial charge in [-0.25, -0.2) is 4.79 Å². The summed E-state index contributed by atoms with van der Waals surface area (Å²) in [7, 11) is 0. The fourth-order valence-corrected chi connectivity index (χ4v) is 2.64. The molecule has 0 aliphatic rings. The molecule has 0 saturated heterocycles. The van der Waals surface area contributed by atoms with Crippen LogP contribution in [0.1, 0.15) is 11.1 Å². The first-order valence-corrected chi connectivity index (χ1v) is 8.34. The fourth-order valence-electron chi connectivity index (χ4n) is 1.99. The molecule has 0 spiro atoms. The van der Waals surface area contributed by atoms with Gasteiger partial charge in [0.25, 0.3) is 5.91 Å². The molecule has 124 valence electrons. The number of carbonyl (C=O) groups excluding carboxylic acids is 2. The van der Waals surface area contributed by atoms with Crippen molar-refractivity contribution in [1.29, 1.82) is 0 Å². The monoisotopic (exact) mass is 341 g/mol. The van der Waals surface area contributed by atoms with Crippen LogP contribution in [0.5, 0.6) is 0 Å². The summed E-state index contributed by atoms with van der Waals surface area (Å²) in [5.41, 5.74) is 2.81. The smallest absolute Gasteiger partial charge is 0.331 e. The summed E-state index contributed by atoms with van der Waals surface area (Å²) in [6, 6.07) is 15.4. The summed E-state index contributed by atoms with van der Waals surface area (Å²) >= 11 is 1.41. The Bertz CT molecular complexity index is 742.